The summed E-state index contributed by atoms with van der Waals surface area (Å²) >= 11 is 3.55. The predicted molar refractivity (Wildman–Crippen MR) is 77.3 cm³/mol. The second-order valence-electron chi connectivity index (χ2n) is 4.82. The topological polar surface area (TPSA) is 29.3 Å². The van der Waals surface area contributed by atoms with Crippen LogP contribution in [0.4, 0.5) is 5.69 Å². The van der Waals surface area contributed by atoms with Gasteiger partial charge in [0, 0.05) is 29.8 Å². The number of hydrogen-bond donors (Lipinski definition) is 1. The Bertz CT molecular complexity index is 370. The lowest BCUT2D eigenvalue weighted by Gasteiger charge is -2.34. The fourth-order valence-corrected chi connectivity index (χ4v) is 2.94. The number of piperidine rings is 1. The van der Waals surface area contributed by atoms with Gasteiger partial charge in [-0.05, 0) is 36.5 Å². The number of halogens is 1. The molecule has 2 rings (SSSR count). The van der Waals surface area contributed by atoms with Gasteiger partial charge in [-0.2, -0.15) is 0 Å². The van der Waals surface area contributed by atoms with Crippen LogP contribution in [-0.4, -0.2) is 13.1 Å². The van der Waals surface area contributed by atoms with E-state index in [1.165, 1.54) is 43.6 Å². The van der Waals surface area contributed by atoms with Crippen molar-refractivity contribution in [1.82, 2.24) is 0 Å². The molecule has 1 heterocycles. The Morgan fingerprint density at radius 2 is 2.06 bits per heavy atom. The van der Waals surface area contributed by atoms with Crippen LogP contribution in [0.5, 0.6) is 0 Å². The molecule has 1 fully saturated rings. The second kappa shape index (κ2) is 5.87. The van der Waals surface area contributed by atoms with Gasteiger partial charge in [-0.25, -0.2) is 0 Å². The normalized spacial score (nSPS) is 17.5. The van der Waals surface area contributed by atoms with E-state index in [0.717, 1.165) is 10.4 Å². The molecule has 1 aliphatic rings. The first-order valence-electron chi connectivity index (χ1n) is 6.48. The molecule has 1 aromatic rings. The number of hydrogen-bond acceptors (Lipinski definition) is 2. The molecule has 2 nitrogen and oxygen atoms in total. The van der Waals surface area contributed by atoms with E-state index in [9.17, 15) is 0 Å². The molecule has 3 heteroatoms. The lowest BCUT2D eigenvalue weighted by Crippen LogP contribution is -2.34. The van der Waals surface area contributed by atoms with Crippen LogP contribution in [0.15, 0.2) is 22.7 Å². The zero-order valence-electron chi connectivity index (χ0n) is 10.5. The lowest BCUT2D eigenvalue weighted by molar-refractivity contribution is 0.395. The molecule has 0 atom stereocenters. The number of rotatable bonds is 3. The van der Waals surface area contributed by atoms with Gasteiger partial charge >= 0.3 is 0 Å². The van der Waals surface area contributed by atoms with Crippen molar-refractivity contribution in [3.8, 4) is 0 Å². The molecule has 17 heavy (non-hydrogen) atoms. The van der Waals surface area contributed by atoms with Gasteiger partial charge in [0.05, 0.1) is 0 Å². The van der Waals surface area contributed by atoms with Gasteiger partial charge in [0.2, 0.25) is 0 Å². The molecule has 0 amide bonds. The van der Waals surface area contributed by atoms with E-state index in [1.54, 1.807) is 0 Å². The Labute approximate surface area is 112 Å². The maximum Gasteiger partial charge on any atom is 0.0423 e. The third-order valence-electron chi connectivity index (χ3n) is 3.80. The molecular formula is C14H21BrN2. The Morgan fingerprint density at radius 3 is 2.65 bits per heavy atom. The molecule has 0 saturated carbocycles. The van der Waals surface area contributed by atoms with Crippen LogP contribution in [0.1, 0.15) is 31.7 Å². The molecule has 0 aliphatic carbocycles. The van der Waals surface area contributed by atoms with E-state index in [1.807, 2.05) is 0 Å². The third kappa shape index (κ3) is 3.02. The van der Waals surface area contributed by atoms with Gasteiger partial charge < -0.3 is 10.6 Å². The predicted octanol–water partition coefficient (Wildman–Crippen LogP) is 3.53. The fourth-order valence-electron chi connectivity index (χ4n) is 2.59. The molecule has 0 spiro atoms. The van der Waals surface area contributed by atoms with Crippen LogP contribution in [0.2, 0.25) is 0 Å². The standard InChI is InChI=1S/C14H21BrN2/c1-2-11-5-7-17(8-6-11)14-9-13(15)4-3-12(14)10-16/h3-4,9,11H,2,5-8,10,16H2,1H3. The second-order valence-corrected chi connectivity index (χ2v) is 5.73. The number of benzene rings is 1. The summed E-state index contributed by atoms with van der Waals surface area (Å²) in [5.41, 5.74) is 8.39. The summed E-state index contributed by atoms with van der Waals surface area (Å²) in [6.07, 6.45) is 3.94. The number of anilines is 1. The van der Waals surface area contributed by atoms with Crippen LogP contribution in [-0.2, 0) is 6.54 Å². The summed E-state index contributed by atoms with van der Waals surface area (Å²) in [7, 11) is 0. The van der Waals surface area contributed by atoms with Crippen LogP contribution >= 0.6 is 15.9 Å². The average Bonchev–Trinajstić information content (AvgIpc) is 2.39. The summed E-state index contributed by atoms with van der Waals surface area (Å²) in [6, 6.07) is 6.41. The first-order valence-corrected chi connectivity index (χ1v) is 7.27. The molecule has 1 aliphatic heterocycles. The maximum atomic E-state index is 5.82. The first-order chi connectivity index (χ1) is 8.24. The third-order valence-corrected chi connectivity index (χ3v) is 4.29. The molecule has 94 valence electrons. The number of nitrogens with two attached hydrogens (primary N) is 1. The van der Waals surface area contributed by atoms with Crippen LogP contribution in [0.3, 0.4) is 0 Å². The monoisotopic (exact) mass is 296 g/mol. The zero-order chi connectivity index (χ0) is 12.3. The van der Waals surface area contributed by atoms with Crippen molar-refractivity contribution in [2.45, 2.75) is 32.7 Å². The van der Waals surface area contributed by atoms with E-state index < -0.39 is 0 Å². The van der Waals surface area contributed by atoms with E-state index in [-0.39, 0.29) is 0 Å². The molecule has 0 radical (unpaired) electrons. The highest BCUT2D eigenvalue weighted by molar-refractivity contribution is 9.10. The maximum absolute atomic E-state index is 5.82. The Hall–Kier alpha value is -0.540. The first kappa shape index (κ1) is 12.9. The average molecular weight is 297 g/mol. The van der Waals surface area contributed by atoms with Gasteiger partial charge in [-0.3, -0.25) is 0 Å². The molecule has 1 aromatic carbocycles. The summed E-state index contributed by atoms with van der Waals surface area (Å²) < 4.78 is 1.14. The minimum atomic E-state index is 0.621. The zero-order valence-corrected chi connectivity index (χ0v) is 12.0. The van der Waals surface area contributed by atoms with Crippen LogP contribution < -0.4 is 10.6 Å². The van der Waals surface area contributed by atoms with Gasteiger partial charge in [-0.1, -0.05) is 35.3 Å². The van der Waals surface area contributed by atoms with Crippen molar-refractivity contribution >= 4 is 21.6 Å². The minimum absolute atomic E-state index is 0.621. The van der Waals surface area contributed by atoms with Crippen molar-refractivity contribution in [2.75, 3.05) is 18.0 Å². The smallest absolute Gasteiger partial charge is 0.0423 e. The summed E-state index contributed by atoms with van der Waals surface area (Å²) in [6.45, 7) is 5.25. The van der Waals surface area contributed by atoms with E-state index in [0.29, 0.717) is 6.54 Å². The van der Waals surface area contributed by atoms with Gasteiger partial charge in [0.25, 0.3) is 0 Å². The molecule has 0 unspecified atom stereocenters. The summed E-state index contributed by atoms with van der Waals surface area (Å²) in [5, 5.41) is 0. The molecule has 1 saturated heterocycles. The highest BCUT2D eigenvalue weighted by Gasteiger charge is 2.19. The summed E-state index contributed by atoms with van der Waals surface area (Å²) in [4.78, 5) is 2.49. The molecule has 0 aromatic heterocycles. The van der Waals surface area contributed by atoms with E-state index in [2.05, 4.69) is 46.0 Å². The van der Waals surface area contributed by atoms with Crippen molar-refractivity contribution in [3.05, 3.63) is 28.2 Å². The van der Waals surface area contributed by atoms with Gasteiger partial charge in [0.1, 0.15) is 0 Å². The quantitative estimate of drug-likeness (QED) is 0.924. The molecule has 2 N–H and O–H groups in total. The van der Waals surface area contributed by atoms with E-state index >= 15 is 0 Å². The Morgan fingerprint density at radius 1 is 1.35 bits per heavy atom. The van der Waals surface area contributed by atoms with Crippen molar-refractivity contribution in [3.63, 3.8) is 0 Å². The van der Waals surface area contributed by atoms with Crippen LogP contribution in [0, 0.1) is 5.92 Å². The minimum Gasteiger partial charge on any atom is -0.371 e. The largest absolute Gasteiger partial charge is 0.371 e. The summed E-state index contributed by atoms with van der Waals surface area (Å²) in [5.74, 6) is 0.916. The van der Waals surface area contributed by atoms with Gasteiger partial charge in [-0.15, -0.1) is 0 Å². The van der Waals surface area contributed by atoms with Gasteiger partial charge in [0.15, 0.2) is 0 Å². The Kier molecular flexibility index (Phi) is 4.46. The highest BCUT2D eigenvalue weighted by atomic mass is 79.9. The van der Waals surface area contributed by atoms with Crippen LogP contribution in [0.25, 0.3) is 0 Å². The highest BCUT2D eigenvalue weighted by Crippen LogP contribution is 2.29. The van der Waals surface area contributed by atoms with Crippen molar-refractivity contribution in [2.24, 2.45) is 11.7 Å². The Balaban J connectivity index is 2.14. The van der Waals surface area contributed by atoms with Crippen molar-refractivity contribution < 1.29 is 0 Å². The van der Waals surface area contributed by atoms with Crippen molar-refractivity contribution in [1.29, 1.82) is 0 Å². The fraction of sp³-hybridized carbons (Fsp3) is 0.571. The van der Waals surface area contributed by atoms with E-state index in [4.69, 9.17) is 5.73 Å². The molecule has 0 bridgehead atoms. The number of nitrogens with zero attached hydrogens (tertiary/aromatic N) is 1. The SMILES string of the molecule is CCC1CCN(c2cc(Br)ccc2CN)CC1. The molecular weight excluding hydrogens is 276 g/mol. The lowest BCUT2D eigenvalue weighted by atomic mass is 9.94.